The number of carbonyl (C=O) groups excluding carboxylic acids is 3. The molecule has 0 aliphatic carbocycles. The molecule has 1 aliphatic heterocycles. The molecule has 106 valence electrons. The van der Waals surface area contributed by atoms with Gasteiger partial charge in [0.1, 0.15) is 0 Å². The predicted molar refractivity (Wildman–Crippen MR) is 73.5 cm³/mol. The number of benzene rings is 2. The van der Waals surface area contributed by atoms with E-state index >= 15 is 0 Å². The Balaban J connectivity index is 1.82. The van der Waals surface area contributed by atoms with E-state index in [-0.39, 0.29) is 16.7 Å². The van der Waals surface area contributed by atoms with Gasteiger partial charge in [0.15, 0.2) is 0 Å². The third-order valence-electron chi connectivity index (χ3n) is 3.18. The Labute approximate surface area is 125 Å². The van der Waals surface area contributed by atoms with Gasteiger partial charge in [0.05, 0.1) is 28.3 Å². The number of amides is 2. The van der Waals surface area contributed by atoms with E-state index in [2.05, 4.69) is 0 Å². The quantitative estimate of drug-likeness (QED) is 0.789. The maximum atomic E-state index is 12.1. The van der Waals surface area contributed by atoms with Crippen LogP contribution in [-0.2, 0) is 4.84 Å². The number of hydrogen-bond acceptors (Lipinski definition) is 5. The summed E-state index contributed by atoms with van der Waals surface area (Å²) in [6.45, 7) is 0. The summed E-state index contributed by atoms with van der Waals surface area (Å²) in [5.41, 5.74) is 0.910. The summed E-state index contributed by atoms with van der Waals surface area (Å²) in [6.07, 6.45) is 0. The minimum Gasteiger partial charge on any atom is -0.324 e. The van der Waals surface area contributed by atoms with Crippen LogP contribution in [0, 0.1) is 11.3 Å². The van der Waals surface area contributed by atoms with E-state index in [9.17, 15) is 14.4 Å². The molecular formula is C16H8N2O4. The molecule has 0 saturated heterocycles. The summed E-state index contributed by atoms with van der Waals surface area (Å²) < 4.78 is 0. The van der Waals surface area contributed by atoms with Crippen molar-refractivity contribution in [2.24, 2.45) is 0 Å². The first-order valence-corrected chi connectivity index (χ1v) is 6.32. The number of fused-ring (bicyclic) bond motifs is 1. The monoisotopic (exact) mass is 292 g/mol. The van der Waals surface area contributed by atoms with E-state index in [0.717, 1.165) is 0 Å². The van der Waals surface area contributed by atoms with Crippen LogP contribution in [0.1, 0.15) is 36.6 Å². The highest BCUT2D eigenvalue weighted by atomic mass is 16.7. The van der Waals surface area contributed by atoms with Gasteiger partial charge in [-0.3, -0.25) is 9.59 Å². The van der Waals surface area contributed by atoms with E-state index in [4.69, 9.17) is 10.1 Å². The van der Waals surface area contributed by atoms with Crippen molar-refractivity contribution in [2.75, 3.05) is 0 Å². The molecule has 0 bridgehead atoms. The minimum atomic E-state index is -0.848. The zero-order valence-electron chi connectivity index (χ0n) is 11.1. The fraction of sp³-hybridized carbons (Fsp3) is 0. The molecule has 0 aromatic heterocycles. The topological polar surface area (TPSA) is 87.5 Å². The van der Waals surface area contributed by atoms with Gasteiger partial charge in [-0.1, -0.05) is 17.2 Å². The maximum absolute atomic E-state index is 12.1. The number of carbonyl (C=O) groups is 3. The zero-order chi connectivity index (χ0) is 15.7. The largest absolute Gasteiger partial charge is 0.363 e. The van der Waals surface area contributed by atoms with Gasteiger partial charge in [0, 0.05) is 0 Å². The van der Waals surface area contributed by atoms with Crippen LogP contribution in [-0.4, -0.2) is 22.8 Å². The van der Waals surface area contributed by atoms with Crippen LogP contribution in [0.25, 0.3) is 0 Å². The van der Waals surface area contributed by atoms with Crippen molar-refractivity contribution in [3.8, 4) is 6.07 Å². The molecular weight excluding hydrogens is 284 g/mol. The van der Waals surface area contributed by atoms with E-state index < -0.39 is 17.8 Å². The average Bonchev–Trinajstić information content (AvgIpc) is 2.80. The van der Waals surface area contributed by atoms with Crippen molar-refractivity contribution in [3.05, 3.63) is 70.8 Å². The average molecular weight is 292 g/mol. The van der Waals surface area contributed by atoms with Crippen molar-refractivity contribution < 1.29 is 19.2 Å². The third kappa shape index (κ3) is 2.11. The van der Waals surface area contributed by atoms with E-state index in [1.165, 1.54) is 36.4 Å². The van der Waals surface area contributed by atoms with Crippen molar-refractivity contribution in [2.45, 2.75) is 0 Å². The van der Waals surface area contributed by atoms with Gasteiger partial charge in [-0.15, -0.1) is 0 Å². The summed E-state index contributed by atoms with van der Waals surface area (Å²) in [7, 11) is 0. The number of nitrogens with zero attached hydrogens (tertiary/aromatic N) is 2. The molecule has 2 aromatic carbocycles. The molecule has 0 unspecified atom stereocenters. The lowest BCUT2D eigenvalue weighted by Crippen LogP contribution is -2.32. The second kappa shape index (κ2) is 5.14. The van der Waals surface area contributed by atoms with Gasteiger partial charge in [-0.05, 0) is 36.4 Å². The van der Waals surface area contributed by atoms with Crippen LogP contribution in [0.4, 0.5) is 0 Å². The maximum Gasteiger partial charge on any atom is 0.363 e. The van der Waals surface area contributed by atoms with Crippen LogP contribution < -0.4 is 0 Å². The lowest BCUT2D eigenvalue weighted by Gasteiger charge is -2.12. The highest BCUT2D eigenvalue weighted by Gasteiger charge is 2.38. The van der Waals surface area contributed by atoms with Crippen molar-refractivity contribution in [3.63, 3.8) is 0 Å². The van der Waals surface area contributed by atoms with Gasteiger partial charge < -0.3 is 4.84 Å². The Hall–Kier alpha value is -3.46. The number of imide groups is 1. The molecule has 0 saturated carbocycles. The molecule has 0 spiro atoms. The van der Waals surface area contributed by atoms with E-state index in [1.807, 2.05) is 6.07 Å². The molecule has 0 radical (unpaired) electrons. The van der Waals surface area contributed by atoms with Gasteiger partial charge in [-0.25, -0.2) is 4.79 Å². The molecule has 2 amide bonds. The molecule has 0 N–H and O–H groups in total. The Morgan fingerprint density at radius 1 is 0.955 bits per heavy atom. The van der Waals surface area contributed by atoms with Crippen LogP contribution in [0.3, 0.4) is 0 Å². The summed E-state index contributed by atoms with van der Waals surface area (Å²) in [5, 5.41) is 9.15. The van der Waals surface area contributed by atoms with Gasteiger partial charge >= 0.3 is 5.97 Å². The second-order valence-electron chi connectivity index (χ2n) is 4.52. The Morgan fingerprint density at radius 3 is 2.00 bits per heavy atom. The van der Waals surface area contributed by atoms with Crippen molar-refractivity contribution in [1.82, 2.24) is 5.06 Å². The molecule has 6 heteroatoms. The Bertz CT molecular complexity index is 799. The summed E-state index contributed by atoms with van der Waals surface area (Å²) in [6, 6.07) is 13.8. The fourth-order valence-electron chi connectivity index (χ4n) is 2.07. The summed E-state index contributed by atoms with van der Waals surface area (Å²) in [4.78, 5) is 41.0. The number of hydrogen-bond donors (Lipinski definition) is 0. The first-order valence-electron chi connectivity index (χ1n) is 6.32. The first kappa shape index (κ1) is 13.5. The molecule has 3 rings (SSSR count). The Morgan fingerprint density at radius 2 is 1.50 bits per heavy atom. The first-order chi connectivity index (χ1) is 10.6. The lowest BCUT2D eigenvalue weighted by molar-refractivity contribution is -0.0584. The van der Waals surface area contributed by atoms with Crippen molar-refractivity contribution in [1.29, 1.82) is 5.26 Å². The highest BCUT2D eigenvalue weighted by molar-refractivity contribution is 6.21. The Kier molecular flexibility index (Phi) is 3.16. The van der Waals surface area contributed by atoms with Crippen LogP contribution >= 0.6 is 0 Å². The molecule has 6 nitrogen and oxygen atoms in total. The molecule has 0 fully saturated rings. The normalized spacial score (nSPS) is 12.8. The molecule has 0 atom stereocenters. The number of hydroxylamine groups is 2. The zero-order valence-corrected chi connectivity index (χ0v) is 11.1. The van der Waals surface area contributed by atoms with Gasteiger partial charge in [0.2, 0.25) is 0 Å². The lowest BCUT2D eigenvalue weighted by atomic mass is 10.1. The fourth-order valence-corrected chi connectivity index (χ4v) is 2.07. The minimum absolute atomic E-state index is 0.135. The van der Waals surface area contributed by atoms with Crippen LogP contribution in [0.2, 0.25) is 0 Å². The summed E-state index contributed by atoms with van der Waals surface area (Å²) in [5.74, 6) is -2.20. The van der Waals surface area contributed by atoms with Gasteiger partial charge in [0.25, 0.3) is 11.8 Å². The molecule has 22 heavy (non-hydrogen) atoms. The molecule has 1 heterocycles. The smallest absolute Gasteiger partial charge is 0.324 e. The van der Waals surface area contributed by atoms with E-state index in [0.29, 0.717) is 10.6 Å². The number of nitriles is 1. The van der Waals surface area contributed by atoms with E-state index in [1.54, 1.807) is 12.1 Å². The SMILES string of the molecule is N#Cc1ccc(C(=O)ON2C(=O)c3ccccc3C2=O)cc1. The van der Waals surface area contributed by atoms with Gasteiger partial charge in [-0.2, -0.15) is 5.26 Å². The molecule has 2 aromatic rings. The third-order valence-corrected chi connectivity index (χ3v) is 3.18. The van der Waals surface area contributed by atoms with Crippen LogP contribution in [0.15, 0.2) is 48.5 Å². The highest BCUT2D eigenvalue weighted by Crippen LogP contribution is 2.23. The van der Waals surface area contributed by atoms with Crippen molar-refractivity contribution >= 4 is 17.8 Å². The standard InChI is InChI=1S/C16H8N2O4/c17-9-10-5-7-11(8-6-10)16(21)22-18-14(19)12-3-1-2-4-13(12)15(18)20/h1-8H. The summed E-state index contributed by atoms with van der Waals surface area (Å²) >= 11 is 0. The molecule has 1 aliphatic rings. The second-order valence-corrected chi connectivity index (χ2v) is 4.52. The predicted octanol–water partition coefficient (Wildman–Crippen LogP) is 1.93. The number of rotatable bonds is 2. The van der Waals surface area contributed by atoms with Crippen LogP contribution in [0.5, 0.6) is 0 Å².